The number of hydrogen-bond donors (Lipinski definition) is 2. The third-order valence-corrected chi connectivity index (χ3v) is 4.31. The van der Waals surface area contributed by atoms with E-state index in [-0.39, 0.29) is 11.8 Å². The van der Waals surface area contributed by atoms with Crippen molar-refractivity contribution in [2.24, 2.45) is 5.92 Å². The van der Waals surface area contributed by atoms with Gasteiger partial charge in [0, 0.05) is 38.1 Å². The summed E-state index contributed by atoms with van der Waals surface area (Å²) in [5, 5.41) is 6.11. The molecule has 0 radical (unpaired) electrons. The van der Waals surface area contributed by atoms with Crippen molar-refractivity contribution in [1.82, 2.24) is 15.5 Å². The summed E-state index contributed by atoms with van der Waals surface area (Å²) in [6.07, 6.45) is 1.10. The molecule has 21 heavy (non-hydrogen) atoms. The summed E-state index contributed by atoms with van der Waals surface area (Å²) < 4.78 is 0. The number of nitrogens with zero attached hydrogens (tertiary/aromatic N) is 1. The number of nitrogens with one attached hydrogen (secondary N) is 2. The van der Waals surface area contributed by atoms with Crippen LogP contribution in [0.25, 0.3) is 0 Å². The molecule has 2 rings (SSSR count). The second kappa shape index (κ2) is 7.57. The van der Waals surface area contributed by atoms with E-state index in [0.717, 1.165) is 32.6 Å². The zero-order chi connectivity index (χ0) is 15.2. The van der Waals surface area contributed by atoms with Crippen molar-refractivity contribution in [3.63, 3.8) is 0 Å². The van der Waals surface area contributed by atoms with Gasteiger partial charge in [-0.1, -0.05) is 31.2 Å². The van der Waals surface area contributed by atoms with Crippen LogP contribution in [0.3, 0.4) is 0 Å². The van der Waals surface area contributed by atoms with E-state index < -0.39 is 0 Å². The van der Waals surface area contributed by atoms with Gasteiger partial charge in [0.15, 0.2) is 0 Å². The molecule has 0 spiro atoms. The lowest BCUT2D eigenvalue weighted by Crippen LogP contribution is -2.46. The van der Waals surface area contributed by atoms with Crippen LogP contribution in [-0.4, -0.2) is 43.5 Å². The molecule has 2 unspecified atom stereocenters. The number of fused-ring (bicyclic) bond motifs is 1. The maximum absolute atomic E-state index is 11.9. The quantitative estimate of drug-likeness (QED) is 0.832. The van der Waals surface area contributed by atoms with Crippen LogP contribution in [-0.2, 0) is 17.8 Å². The van der Waals surface area contributed by atoms with E-state index >= 15 is 0 Å². The third kappa shape index (κ3) is 4.29. The molecule has 1 heterocycles. The topological polar surface area (TPSA) is 44.4 Å². The predicted molar refractivity (Wildman–Crippen MR) is 86.1 cm³/mol. The van der Waals surface area contributed by atoms with Crippen molar-refractivity contribution in [1.29, 1.82) is 0 Å². The summed E-state index contributed by atoms with van der Waals surface area (Å²) in [6, 6.07) is 9.01. The number of rotatable bonds is 6. The van der Waals surface area contributed by atoms with E-state index in [1.807, 2.05) is 14.0 Å². The lowest BCUT2D eigenvalue weighted by molar-refractivity contribution is -0.124. The molecule has 0 aromatic heterocycles. The highest BCUT2D eigenvalue weighted by molar-refractivity contribution is 5.78. The molecule has 0 saturated heterocycles. The summed E-state index contributed by atoms with van der Waals surface area (Å²) in [7, 11) is 1.87. The fourth-order valence-corrected chi connectivity index (χ4v) is 2.84. The van der Waals surface area contributed by atoms with Gasteiger partial charge in [-0.05, 0) is 31.5 Å². The van der Waals surface area contributed by atoms with Crippen molar-refractivity contribution < 1.29 is 4.79 Å². The Hall–Kier alpha value is -1.39. The molecule has 116 valence electrons. The minimum Gasteiger partial charge on any atom is -0.354 e. The minimum atomic E-state index is 0.0179. The summed E-state index contributed by atoms with van der Waals surface area (Å²) >= 11 is 0. The van der Waals surface area contributed by atoms with Crippen molar-refractivity contribution in [2.75, 3.05) is 26.7 Å². The molecule has 1 aliphatic rings. The van der Waals surface area contributed by atoms with Gasteiger partial charge >= 0.3 is 0 Å². The summed E-state index contributed by atoms with van der Waals surface area (Å²) in [4.78, 5) is 14.4. The van der Waals surface area contributed by atoms with Gasteiger partial charge in [-0.25, -0.2) is 0 Å². The monoisotopic (exact) mass is 289 g/mol. The Morgan fingerprint density at radius 3 is 2.67 bits per heavy atom. The van der Waals surface area contributed by atoms with Gasteiger partial charge in [0.2, 0.25) is 5.91 Å². The number of carbonyl (C=O) groups is 1. The molecule has 0 saturated carbocycles. The first-order valence-corrected chi connectivity index (χ1v) is 7.85. The minimum absolute atomic E-state index is 0.0179. The smallest absolute Gasteiger partial charge is 0.224 e. The van der Waals surface area contributed by atoms with Crippen LogP contribution in [0.1, 0.15) is 25.0 Å². The van der Waals surface area contributed by atoms with E-state index in [1.165, 1.54) is 11.1 Å². The first-order valence-electron chi connectivity index (χ1n) is 7.85. The van der Waals surface area contributed by atoms with Crippen LogP contribution in [0.4, 0.5) is 0 Å². The highest BCUT2D eigenvalue weighted by Crippen LogP contribution is 2.19. The molecule has 1 aliphatic heterocycles. The van der Waals surface area contributed by atoms with Crippen LogP contribution in [0.2, 0.25) is 0 Å². The molecule has 4 heteroatoms. The van der Waals surface area contributed by atoms with Gasteiger partial charge < -0.3 is 10.6 Å². The molecule has 0 bridgehead atoms. The lowest BCUT2D eigenvalue weighted by atomic mass is 9.99. The van der Waals surface area contributed by atoms with Crippen LogP contribution in [0.15, 0.2) is 24.3 Å². The summed E-state index contributed by atoms with van der Waals surface area (Å²) in [5.41, 5.74) is 2.89. The normalized spacial score (nSPS) is 17.9. The Morgan fingerprint density at radius 1 is 1.24 bits per heavy atom. The second-order valence-corrected chi connectivity index (χ2v) is 6.04. The highest BCUT2D eigenvalue weighted by Gasteiger charge is 2.21. The van der Waals surface area contributed by atoms with Gasteiger partial charge in [0.25, 0.3) is 0 Å². The van der Waals surface area contributed by atoms with Crippen LogP contribution in [0.5, 0.6) is 0 Å². The van der Waals surface area contributed by atoms with Crippen LogP contribution >= 0.6 is 0 Å². The van der Waals surface area contributed by atoms with Crippen molar-refractivity contribution in [2.45, 2.75) is 32.9 Å². The van der Waals surface area contributed by atoms with Gasteiger partial charge in [-0.2, -0.15) is 0 Å². The van der Waals surface area contributed by atoms with Crippen LogP contribution in [0, 0.1) is 5.92 Å². The SMILES string of the molecule is CNCC(C)C(=O)NCC(C)N1CCc2ccccc2C1. The van der Waals surface area contributed by atoms with Gasteiger partial charge in [-0.3, -0.25) is 9.69 Å². The zero-order valence-corrected chi connectivity index (χ0v) is 13.4. The highest BCUT2D eigenvalue weighted by atomic mass is 16.1. The van der Waals surface area contributed by atoms with Crippen molar-refractivity contribution in [3.8, 4) is 0 Å². The molecule has 0 fully saturated rings. The fourth-order valence-electron chi connectivity index (χ4n) is 2.84. The summed E-state index contributed by atoms with van der Waals surface area (Å²) in [6.45, 7) is 7.64. The fraction of sp³-hybridized carbons (Fsp3) is 0.588. The van der Waals surface area contributed by atoms with Crippen LogP contribution < -0.4 is 10.6 Å². The molecule has 4 nitrogen and oxygen atoms in total. The standard InChI is InChI=1S/C17H27N3O/c1-13(10-18-3)17(21)19-11-14(2)20-9-8-15-6-4-5-7-16(15)12-20/h4-7,13-14,18H,8-12H2,1-3H3,(H,19,21). The number of amides is 1. The molecule has 1 amide bonds. The predicted octanol–water partition coefficient (Wildman–Crippen LogP) is 1.40. The van der Waals surface area contributed by atoms with E-state index in [2.05, 4.69) is 46.7 Å². The number of hydrogen-bond acceptors (Lipinski definition) is 3. The average Bonchev–Trinajstić information content (AvgIpc) is 2.52. The van der Waals surface area contributed by atoms with Crippen molar-refractivity contribution in [3.05, 3.63) is 35.4 Å². The molecule has 1 aromatic rings. The molecule has 2 N–H and O–H groups in total. The maximum Gasteiger partial charge on any atom is 0.224 e. The van der Waals surface area contributed by atoms with E-state index in [9.17, 15) is 4.79 Å². The maximum atomic E-state index is 11.9. The number of benzene rings is 1. The van der Waals surface area contributed by atoms with Gasteiger partial charge in [0.1, 0.15) is 0 Å². The molecule has 0 aliphatic carbocycles. The zero-order valence-electron chi connectivity index (χ0n) is 13.4. The number of carbonyl (C=O) groups excluding carboxylic acids is 1. The molecule has 1 aromatic carbocycles. The van der Waals surface area contributed by atoms with Gasteiger partial charge in [-0.15, -0.1) is 0 Å². The third-order valence-electron chi connectivity index (χ3n) is 4.31. The Morgan fingerprint density at radius 2 is 1.95 bits per heavy atom. The summed E-state index contributed by atoms with van der Waals surface area (Å²) in [5.74, 6) is 0.151. The molecular formula is C17H27N3O. The first-order chi connectivity index (χ1) is 10.1. The first kappa shape index (κ1) is 16.0. The van der Waals surface area contributed by atoms with E-state index in [0.29, 0.717) is 6.04 Å². The van der Waals surface area contributed by atoms with Crippen molar-refractivity contribution >= 4 is 5.91 Å². The second-order valence-electron chi connectivity index (χ2n) is 6.04. The Balaban J connectivity index is 1.82. The lowest BCUT2D eigenvalue weighted by Gasteiger charge is -2.34. The van der Waals surface area contributed by atoms with E-state index in [1.54, 1.807) is 0 Å². The van der Waals surface area contributed by atoms with Gasteiger partial charge in [0.05, 0.1) is 0 Å². The Labute approximate surface area is 127 Å². The molecular weight excluding hydrogens is 262 g/mol. The molecule has 2 atom stereocenters. The Bertz CT molecular complexity index is 475. The largest absolute Gasteiger partial charge is 0.354 e. The average molecular weight is 289 g/mol. The Kier molecular flexibility index (Phi) is 5.76. The van der Waals surface area contributed by atoms with E-state index in [4.69, 9.17) is 0 Å².